The van der Waals surface area contributed by atoms with Crippen LogP contribution in [0.1, 0.15) is 29.6 Å². The van der Waals surface area contributed by atoms with Gasteiger partial charge in [0.15, 0.2) is 6.61 Å². The van der Waals surface area contributed by atoms with Crippen LogP contribution in [0.3, 0.4) is 0 Å². The fourth-order valence-corrected chi connectivity index (χ4v) is 2.65. The summed E-state index contributed by atoms with van der Waals surface area (Å²) in [6, 6.07) is 5.80. The number of halogens is 1. The van der Waals surface area contributed by atoms with Crippen LogP contribution in [0, 0.1) is 0 Å². The number of hydrogen-bond acceptors (Lipinski definition) is 4. The zero-order valence-electron chi connectivity index (χ0n) is 12.0. The number of piperidine rings is 1. The molecule has 6 nitrogen and oxygen atoms in total. The zero-order chi connectivity index (χ0) is 16.1. The van der Waals surface area contributed by atoms with Gasteiger partial charge in [-0.25, -0.2) is 4.79 Å². The first-order valence-electron chi connectivity index (χ1n) is 7.01. The van der Waals surface area contributed by atoms with Crippen molar-refractivity contribution in [3.8, 4) is 0 Å². The monoisotopic (exact) mass is 324 g/mol. The standard InChI is InChI=1S/C15H17ClN2O4/c16-11-6-2-1-5-10(11)15(21)22-9-13(19)18-8-4-3-7-12(18)14(17)20/h1-2,5-6,12H,3-4,7-9H2,(H2,17,20). The van der Waals surface area contributed by atoms with Crippen molar-refractivity contribution in [2.45, 2.75) is 25.3 Å². The summed E-state index contributed by atoms with van der Waals surface area (Å²) in [5.41, 5.74) is 5.50. The third-order valence-electron chi connectivity index (χ3n) is 3.57. The van der Waals surface area contributed by atoms with Gasteiger partial charge in [-0.15, -0.1) is 0 Å². The number of benzene rings is 1. The van der Waals surface area contributed by atoms with Crippen LogP contribution in [-0.2, 0) is 14.3 Å². The molecule has 7 heteroatoms. The molecule has 1 aromatic carbocycles. The lowest BCUT2D eigenvalue weighted by molar-refractivity contribution is -0.143. The summed E-state index contributed by atoms with van der Waals surface area (Å²) >= 11 is 5.89. The van der Waals surface area contributed by atoms with Crippen LogP contribution in [0.25, 0.3) is 0 Å². The Hall–Kier alpha value is -2.08. The van der Waals surface area contributed by atoms with Crippen LogP contribution < -0.4 is 5.73 Å². The molecule has 1 aliphatic rings. The molecule has 0 aliphatic carbocycles. The maximum atomic E-state index is 12.1. The molecule has 1 saturated heterocycles. The summed E-state index contributed by atoms with van der Waals surface area (Å²) in [7, 11) is 0. The first-order valence-corrected chi connectivity index (χ1v) is 7.39. The van der Waals surface area contributed by atoms with Gasteiger partial charge in [-0.05, 0) is 31.4 Å². The van der Waals surface area contributed by atoms with Gasteiger partial charge < -0.3 is 15.4 Å². The van der Waals surface area contributed by atoms with E-state index in [1.165, 1.54) is 11.0 Å². The second kappa shape index (κ2) is 7.26. The third-order valence-corrected chi connectivity index (χ3v) is 3.90. The summed E-state index contributed by atoms with van der Waals surface area (Å²) in [6.07, 6.45) is 2.18. The van der Waals surface area contributed by atoms with Crippen molar-refractivity contribution in [1.82, 2.24) is 4.90 Å². The summed E-state index contributed by atoms with van der Waals surface area (Å²) < 4.78 is 4.99. The van der Waals surface area contributed by atoms with Gasteiger partial charge in [0.2, 0.25) is 5.91 Å². The van der Waals surface area contributed by atoms with E-state index in [-0.39, 0.29) is 10.6 Å². The Bertz CT molecular complexity index is 591. The molecule has 2 N–H and O–H groups in total. The first kappa shape index (κ1) is 16.3. The molecule has 1 unspecified atom stereocenters. The van der Waals surface area contributed by atoms with Crippen LogP contribution in [0.2, 0.25) is 5.02 Å². The third kappa shape index (κ3) is 3.76. The van der Waals surface area contributed by atoms with E-state index in [0.717, 1.165) is 12.8 Å². The highest BCUT2D eigenvalue weighted by atomic mass is 35.5. The van der Waals surface area contributed by atoms with E-state index >= 15 is 0 Å². The Kier molecular flexibility index (Phi) is 5.38. The number of carbonyl (C=O) groups excluding carboxylic acids is 3. The second-order valence-electron chi connectivity index (χ2n) is 5.06. The molecule has 0 saturated carbocycles. The van der Waals surface area contributed by atoms with Gasteiger partial charge in [-0.2, -0.15) is 0 Å². The number of carbonyl (C=O) groups is 3. The van der Waals surface area contributed by atoms with Gasteiger partial charge in [-0.1, -0.05) is 23.7 Å². The first-order chi connectivity index (χ1) is 10.5. The summed E-state index contributed by atoms with van der Waals surface area (Å²) in [6.45, 7) is 0.00389. The summed E-state index contributed by atoms with van der Waals surface area (Å²) in [5, 5.41) is 0.257. The Morgan fingerprint density at radius 1 is 1.27 bits per heavy atom. The highest BCUT2D eigenvalue weighted by Gasteiger charge is 2.31. The zero-order valence-corrected chi connectivity index (χ0v) is 12.7. The predicted molar refractivity (Wildman–Crippen MR) is 80.3 cm³/mol. The van der Waals surface area contributed by atoms with E-state index in [0.29, 0.717) is 13.0 Å². The number of primary amides is 1. The topological polar surface area (TPSA) is 89.7 Å². The summed E-state index contributed by atoms with van der Waals surface area (Å²) in [5.74, 6) is -1.64. The highest BCUT2D eigenvalue weighted by molar-refractivity contribution is 6.33. The highest BCUT2D eigenvalue weighted by Crippen LogP contribution is 2.18. The molecule has 2 rings (SSSR count). The molecule has 1 heterocycles. The molecule has 2 amide bonds. The minimum atomic E-state index is -0.674. The second-order valence-corrected chi connectivity index (χ2v) is 5.46. The molecule has 0 spiro atoms. The maximum Gasteiger partial charge on any atom is 0.340 e. The van der Waals surface area contributed by atoms with Gasteiger partial charge in [0.05, 0.1) is 10.6 Å². The number of likely N-dealkylation sites (tertiary alicyclic amines) is 1. The van der Waals surface area contributed by atoms with Crippen molar-refractivity contribution >= 4 is 29.4 Å². The van der Waals surface area contributed by atoms with Crippen molar-refractivity contribution in [3.05, 3.63) is 34.9 Å². The number of amides is 2. The maximum absolute atomic E-state index is 12.1. The SMILES string of the molecule is NC(=O)C1CCCCN1C(=O)COC(=O)c1ccccc1Cl. The van der Waals surface area contributed by atoms with Gasteiger partial charge in [0.1, 0.15) is 6.04 Å². The van der Waals surface area contributed by atoms with Crippen LogP contribution >= 0.6 is 11.6 Å². The molecular formula is C15H17ClN2O4. The number of esters is 1. The van der Waals surface area contributed by atoms with E-state index in [1.807, 2.05) is 0 Å². The fourth-order valence-electron chi connectivity index (χ4n) is 2.44. The average molecular weight is 325 g/mol. The van der Waals surface area contributed by atoms with Crippen molar-refractivity contribution in [2.24, 2.45) is 5.73 Å². The smallest absolute Gasteiger partial charge is 0.340 e. The molecular weight excluding hydrogens is 308 g/mol. The lowest BCUT2D eigenvalue weighted by atomic mass is 10.0. The van der Waals surface area contributed by atoms with E-state index in [9.17, 15) is 14.4 Å². The lowest BCUT2D eigenvalue weighted by Gasteiger charge is -2.33. The Morgan fingerprint density at radius 3 is 2.68 bits per heavy atom. The molecule has 1 aromatic rings. The lowest BCUT2D eigenvalue weighted by Crippen LogP contribution is -2.51. The van der Waals surface area contributed by atoms with Crippen molar-refractivity contribution in [3.63, 3.8) is 0 Å². The predicted octanol–water partition coefficient (Wildman–Crippen LogP) is 1.36. The molecule has 0 radical (unpaired) electrons. The minimum Gasteiger partial charge on any atom is -0.452 e. The quantitative estimate of drug-likeness (QED) is 0.847. The van der Waals surface area contributed by atoms with E-state index in [2.05, 4.69) is 0 Å². The molecule has 1 aliphatic heterocycles. The number of ether oxygens (including phenoxy) is 1. The fraction of sp³-hybridized carbons (Fsp3) is 0.400. The number of nitrogens with zero attached hydrogens (tertiary/aromatic N) is 1. The number of rotatable bonds is 4. The molecule has 1 atom stereocenters. The normalized spacial score (nSPS) is 17.9. The van der Waals surface area contributed by atoms with Crippen LogP contribution in [0.5, 0.6) is 0 Å². The Morgan fingerprint density at radius 2 is 2.00 bits per heavy atom. The van der Waals surface area contributed by atoms with Gasteiger partial charge in [-0.3, -0.25) is 9.59 Å². The number of nitrogens with two attached hydrogens (primary N) is 1. The Labute approximate surface area is 133 Å². The van der Waals surface area contributed by atoms with Crippen LogP contribution in [-0.4, -0.2) is 41.9 Å². The number of hydrogen-bond donors (Lipinski definition) is 1. The molecule has 1 fully saturated rings. The van der Waals surface area contributed by atoms with Crippen LogP contribution in [0.15, 0.2) is 24.3 Å². The molecule has 22 heavy (non-hydrogen) atoms. The van der Waals surface area contributed by atoms with E-state index in [1.54, 1.807) is 18.2 Å². The van der Waals surface area contributed by atoms with Gasteiger partial charge in [0, 0.05) is 6.54 Å². The molecule has 118 valence electrons. The molecule has 0 aromatic heterocycles. The largest absolute Gasteiger partial charge is 0.452 e. The average Bonchev–Trinajstić information content (AvgIpc) is 2.52. The van der Waals surface area contributed by atoms with Crippen molar-refractivity contribution in [1.29, 1.82) is 0 Å². The van der Waals surface area contributed by atoms with Gasteiger partial charge in [0.25, 0.3) is 5.91 Å². The van der Waals surface area contributed by atoms with Crippen LogP contribution in [0.4, 0.5) is 0 Å². The van der Waals surface area contributed by atoms with Gasteiger partial charge >= 0.3 is 5.97 Å². The minimum absolute atomic E-state index is 0.196. The van der Waals surface area contributed by atoms with E-state index in [4.69, 9.17) is 22.1 Å². The Balaban J connectivity index is 1.96. The van der Waals surface area contributed by atoms with E-state index < -0.39 is 30.4 Å². The van der Waals surface area contributed by atoms with Crippen molar-refractivity contribution < 1.29 is 19.1 Å². The van der Waals surface area contributed by atoms with Crippen molar-refractivity contribution in [2.75, 3.05) is 13.2 Å². The summed E-state index contributed by atoms with van der Waals surface area (Å²) in [4.78, 5) is 36.8. The molecule has 0 bridgehead atoms.